The zero-order valence-corrected chi connectivity index (χ0v) is 22.8. The number of carbonyl (C=O) groups is 3. The second-order valence-electron chi connectivity index (χ2n) is 8.07. The molecule has 0 aromatic heterocycles. The molecule has 1 N–H and O–H groups in total. The standard InChI is InChI=1S/C26H16BrCl2F3N2O5/c1-38-21-10-14(9-19(29)22(21)39-12-13-2-5-16(27)6-3-13)8-17-23(35)33-25(37)34(24(17)36)20-11-15(26(30,31)32)4-7-18(20)28/h2-11H,12H2,1H3,(H,33,35,37)/b17-8-. The number of rotatable bonds is 6. The van der Waals surface area contributed by atoms with Crippen molar-refractivity contribution in [3.05, 3.63) is 91.4 Å². The molecule has 0 saturated carbocycles. The Kier molecular flexibility index (Phi) is 8.24. The molecule has 4 amide bonds. The lowest BCUT2D eigenvalue weighted by atomic mass is 10.1. The first-order valence-electron chi connectivity index (χ1n) is 10.9. The van der Waals surface area contributed by atoms with Gasteiger partial charge in [-0.1, -0.05) is 51.3 Å². The molecule has 1 aliphatic rings. The maximum absolute atomic E-state index is 13.2. The molecule has 13 heteroatoms. The number of hydrogen-bond acceptors (Lipinski definition) is 5. The van der Waals surface area contributed by atoms with Crippen molar-refractivity contribution in [2.24, 2.45) is 0 Å². The molecular weight excluding hydrogens is 628 g/mol. The van der Waals surface area contributed by atoms with Gasteiger partial charge in [0.1, 0.15) is 12.2 Å². The number of barbiturate groups is 1. The highest BCUT2D eigenvalue weighted by Crippen LogP contribution is 2.39. The van der Waals surface area contributed by atoms with Gasteiger partial charge >= 0.3 is 12.2 Å². The first kappa shape index (κ1) is 28.5. The number of nitrogens with zero attached hydrogens (tertiary/aromatic N) is 1. The number of hydrogen-bond donors (Lipinski definition) is 1. The second-order valence-corrected chi connectivity index (χ2v) is 9.80. The van der Waals surface area contributed by atoms with E-state index >= 15 is 0 Å². The van der Waals surface area contributed by atoms with Gasteiger partial charge in [0.2, 0.25) is 0 Å². The van der Waals surface area contributed by atoms with Gasteiger partial charge in [-0.3, -0.25) is 14.9 Å². The predicted molar refractivity (Wildman–Crippen MR) is 142 cm³/mol. The van der Waals surface area contributed by atoms with E-state index in [0.717, 1.165) is 22.2 Å². The van der Waals surface area contributed by atoms with Crippen molar-refractivity contribution in [1.29, 1.82) is 0 Å². The van der Waals surface area contributed by atoms with Gasteiger partial charge in [-0.2, -0.15) is 13.2 Å². The van der Waals surface area contributed by atoms with Crippen LogP contribution in [0.25, 0.3) is 6.08 Å². The smallest absolute Gasteiger partial charge is 0.416 e. The van der Waals surface area contributed by atoms with Gasteiger partial charge in [-0.15, -0.1) is 0 Å². The maximum Gasteiger partial charge on any atom is 0.416 e. The largest absolute Gasteiger partial charge is 0.493 e. The SMILES string of the molecule is COc1cc(/C=C2/C(=O)NC(=O)N(c3cc(C(F)(F)F)ccc3Cl)C2=O)cc(Cl)c1OCc1ccc(Br)cc1. The molecule has 7 nitrogen and oxygen atoms in total. The van der Waals surface area contributed by atoms with E-state index in [4.69, 9.17) is 32.7 Å². The zero-order chi connectivity index (χ0) is 28.5. The molecule has 202 valence electrons. The number of imide groups is 2. The molecule has 0 atom stereocenters. The summed E-state index contributed by atoms with van der Waals surface area (Å²) in [7, 11) is 1.36. The summed E-state index contributed by atoms with van der Waals surface area (Å²) in [4.78, 5) is 38.6. The fraction of sp³-hybridized carbons (Fsp3) is 0.115. The van der Waals surface area contributed by atoms with Crippen LogP contribution in [0, 0.1) is 0 Å². The number of alkyl halides is 3. The summed E-state index contributed by atoms with van der Waals surface area (Å²) >= 11 is 15.8. The van der Waals surface area contributed by atoms with Crippen LogP contribution in [0.1, 0.15) is 16.7 Å². The molecule has 0 radical (unpaired) electrons. The number of anilines is 1. The second kappa shape index (κ2) is 11.3. The van der Waals surface area contributed by atoms with Crippen LogP contribution in [0.3, 0.4) is 0 Å². The zero-order valence-electron chi connectivity index (χ0n) is 19.7. The quantitative estimate of drug-likeness (QED) is 0.230. The van der Waals surface area contributed by atoms with E-state index in [1.807, 2.05) is 29.6 Å². The van der Waals surface area contributed by atoms with E-state index in [-0.39, 0.29) is 33.7 Å². The van der Waals surface area contributed by atoms with Gasteiger partial charge in [0.15, 0.2) is 11.5 Å². The van der Waals surface area contributed by atoms with Crippen molar-refractivity contribution in [1.82, 2.24) is 5.32 Å². The van der Waals surface area contributed by atoms with Gasteiger partial charge < -0.3 is 9.47 Å². The summed E-state index contributed by atoms with van der Waals surface area (Å²) < 4.78 is 51.8. The first-order chi connectivity index (χ1) is 18.4. The minimum Gasteiger partial charge on any atom is -0.493 e. The van der Waals surface area contributed by atoms with Gasteiger partial charge in [-0.05, 0) is 59.7 Å². The van der Waals surface area contributed by atoms with Crippen molar-refractivity contribution >= 4 is 68.7 Å². The normalized spacial score (nSPS) is 15.0. The average Bonchev–Trinajstić information content (AvgIpc) is 2.87. The number of benzene rings is 3. The van der Waals surface area contributed by atoms with Crippen molar-refractivity contribution < 1.29 is 37.0 Å². The Morgan fingerprint density at radius 3 is 2.33 bits per heavy atom. The Balaban J connectivity index is 1.67. The molecule has 3 aromatic rings. The van der Waals surface area contributed by atoms with E-state index in [1.54, 1.807) is 0 Å². The Morgan fingerprint density at radius 1 is 1.00 bits per heavy atom. The highest BCUT2D eigenvalue weighted by molar-refractivity contribution is 9.10. The number of urea groups is 1. The highest BCUT2D eigenvalue weighted by Gasteiger charge is 2.39. The number of halogens is 6. The fourth-order valence-electron chi connectivity index (χ4n) is 3.60. The van der Waals surface area contributed by atoms with E-state index in [1.165, 1.54) is 19.2 Å². The molecule has 4 rings (SSSR count). The summed E-state index contributed by atoms with van der Waals surface area (Å²) in [6.45, 7) is 0.166. The summed E-state index contributed by atoms with van der Waals surface area (Å²) in [5.74, 6) is -1.86. The van der Waals surface area contributed by atoms with Crippen LogP contribution in [-0.2, 0) is 22.4 Å². The van der Waals surface area contributed by atoms with Crippen molar-refractivity contribution in [2.45, 2.75) is 12.8 Å². The molecule has 0 bridgehead atoms. The summed E-state index contributed by atoms with van der Waals surface area (Å²) in [5, 5.41) is 1.72. The Morgan fingerprint density at radius 2 is 1.69 bits per heavy atom. The topological polar surface area (TPSA) is 84.9 Å². The monoisotopic (exact) mass is 642 g/mol. The number of carbonyl (C=O) groups excluding carboxylic acids is 3. The highest BCUT2D eigenvalue weighted by atomic mass is 79.9. The van der Waals surface area contributed by atoms with E-state index in [0.29, 0.717) is 17.0 Å². The lowest BCUT2D eigenvalue weighted by molar-refractivity contribution is -0.137. The van der Waals surface area contributed by atoms with Crippen LogP contribution in [0.4, 0.5) is 23.7 Å². The molecule has 0 aliphatic carbocycles. The van der Waals surface area contributed by atoms with E-state index in [2.05, 4.69) is 15.9 Å². The third kappa shape index (κ3) is 6.21. The number of ether oxygens (including phenoxy) is 2. The van der Waals surface area contributed by atoms with Gasteiger partial charge in [0.25, 0.3) is 11.8 Å². The predicted octanol–water partition coefficient (Wildman–Crippen LogP) is 7.03. The van der Waals surface area contributed by atoms with E-state index in [9.17, 15) is 27.6 Å². The molecule has 1 heterocycles. The third-order valence-corrected chi connectivity index (χ3v) is 6.60. The Bertz CT molecular complexity index is 1510. The molecular formula is C26H16BrCl2F3N2O5. The molecule has 1 fully saturated rings. The minimum absolute atomic E-state index is 0.0934. The van der Waals surface area contributed by atoms with Crippen molar-refractivity contribution in [2.75, 3.05) is 12.0 Å². The van der Waals surface area contributed by atoms with Crippen LogP contribution in [0.15, 0.2) is 64.6 Å². The van der Waals surface area contributed by atoms with Gasteiger partial charge in [0.05, 0.1) is 28.4 Å². The molecule has 3 aromatic carbocycles. The minimum atomic E-state index is -4.77. The van der Waals surface area contributed by atoms with Crippen LogP contribution < -0.4 is 19.7 Å². The number of methoxy groups -OCH3 is 1. The molecule has 1 aliphatic heterocycles. The molecule has 39 heavy (non-hydrogen) atoms. The van der Waals surface area contributed by atoms with Crippen LogP contribution >= 0.6 is 39.1 Å². The van der Waals surface area contributed by atoms with Crippen LogP contribution in [-0.4, -0.2) is 25.0 Å². The average molecular weight is 644 g/mol. The van der Waals surface area contributed by atoms with Gasteiger partial charge in [0, 0.05) is 4.47 Å². The van der Waals surface area contributed by atoms with Crippen molar-refractivity contribution in [3.8, 4) is 11.5 Å². The van der Waals surface area contributed by atoms with Crippen LogP contribution in [0.5, 0.6) is 11.5 Å². The molecule has 0 spiro atoms. The summed E-state index contributed by atoms with van der Waals surface area (Å²) in [5.41, 5.74) is -1.16. The molecule has 0 unspecified atom stereocenters. The Labute approximate surface area is 238 Å². The first-order valence-corrected chi connectivity index (χ1v) is 12.5. The Hall–Kier alpha value is -3.54. The summed E-state index contributed by atoms with van der Waals surface area (Å²) in [6, 6.07) is 11.1. The van der Waals surface area contributed by atoms with Gasteiger partial charge in [-0.25, -0.2) is 9.69 Å². The third-order valence-electron chi connectivity index (χ3n) is 5.48. The lowest BCUT2D eigenvalue weighted by Crippen LogP contribution is -2.54. The summed E-state index contributed by atoms with van der Waals surface area (Å²) in [6.07, 6.45) is -3.65. The maximum atomic E-state index is 13.2. The molecule has 1 saturated heterocycles. The lowest BCUT2D eigenvalue weighted by Gasteiger charge is -2.27. The van der Waals surface area contributed by atoms with E-state index < -0.39 is 40.8 Å². The van der Waals surface area contributed by atoms with Crippen molar-refractivity contribution in [3.63, 3.8) is 0 Å². The fourth-order valence-corrected chi connectivity index (χ4v) is 4.34. The number of nitrogens with one attached hydrogen (secondary N) is 1. The van der Waals surface area contributed by atoms with Crippen LogP contribution in [0.2, 0.25) is 10.0 Å². The number of amides is 4.